The average molecular weight is 533 g/mol. The molecule has 0 bridgehead atoms. The molecule has 2 aromatic rings. The van der Waals surface area contributed by atoms with Crippen LogP contribution in [0.25, 0.3) is 0 Å². The van der Waals surface area contributed by atoms with Gasteiger partial charge in [0.15, 0.2) is 23.0 Å². The van der Waals surface area contributed by atoms with E-state index in [2.05, 4.69) is 0 Å². The Labute approximate surface area is 222 Å². The number of amides is 2. The van der Waals surface area contributed by atoms with Crippen molar-refractivity contribution in [3.8, 4) is 28.7 Å². The highest BCUT2D eigenvalue weighted by Gasteiger charge is 2.42. The molecule has 2 unspecified atom stereocenters. The second kappa shape index (κ2) is 12.8. The summed E-state index contributed by atoms with van der Waals surface area (Å²) >= 11 is 1.62. The Balaban J connectivity index is 1.80. The van der Waals surface area contributed by atoms with Crippen molar-refractivity contribution in [1.82, 2.24) is 9.80 Å². The van der Waals surface area contributed by atoms with E-state index < -0.39 is 6.04 Å². The molecule has 3 rings (SSSR count). The molecular formula is C27H36N2O7S. The third-order valence-corrected chi connectivity index (χ3v) is 7.89. The largest absolute Gasteiger partial charge is 0.493 e. The van der Waals surface area contributed by atoms with E-state index in [0.29, 0.717) is 53.0 Å². The Morgan fingerprint density at radius 3 is 2.08 bits per heavy atom. The fourth-order valence-corrected chi connectivity index (χ4v) is 5.74. The van der Waals surface area contributed by atoms with Crippen LogP contribution in [-0.4, -0.2) is 87.9 Å². The Morgan fingerprint density at radius 1 is 0.919 bits per heavy atom. The first-order valence-electron chi connectivity index (χ1n) is 12.0. The maximum atomic E-state index is 13.8. The zero-order chi connectivity index (χ0) is 27.1. The fraction of sp³-hybridized carbons (Fsp3) is 0.481. The highest BCUT2D eigenvalue weighted by molar-refractivity contribution is 8.00. The predicted octanol–water partition coefficient (Wildman–Crippen LogP) is 3.72. The van der Waals surface area contributed by atoms with Crippen LogP contribution in [0.1, 0.15) is 29.3 Å². The van der Waals surface area contributed by atoms with Gasteiger partial charge in [0, 0.05) is 24.9 Å². The summed E-state index contributed by atoms with van der Waals surface area (Å²) in [5.74, 6) is 2.69. The van der Waals surface area contributed by atoms with Gasteiger partial charge in [-0.1, -0.05) is 13.0 Å². The number of hydrogen-bond acceptors (Lipinski definition) is 8. The van der Waals surface area contributed by atoms with Crippen LogP contribution in [0, 0.1) is 0 Å². The molecule has 37 heavy (non-hydrogen) atoms. The lowest BCUT2D eigenvalue weighted by Crippen LogP contribution is -2.50. The van der Waals surface area contributed by atoms with Gasteiger partial charge in [0.2, 0.25) is 11.7 Å². The van der Waals surface area contributed by atoms with E-state index in [-0.39, 0.29) is 17.2 Å². The van der Waals surface area contributed by atoms with Crippen molar-refractivity contribution in [2.45, 2.75) is 31.2 Å². The van der Waals surface area contributed by atoms with Crippen LogP contribution >= 0.6 is 11.8 Å². The van der Waals surface area contributed by atoms with Gasteiger partial charge in [-0.3, -0.25) is 9.59 Å². The number of ether oxygens (including phenoxy) is 5. The van der Waals surface area contributed by atoms with E-state index in [4.69, 9.17) is 23.7 Å². The lowest BCUT2D eigenvalue weighted by atomic mass is 10.1. The molecule has 0 spiro atoms. The molecule has 2 amide bonds. The van der Waals surface area contributed by atoms with Crippen molar-refractivity contribution >= 4 is 23.6 Å². The molecule has 202 valence electrons. The first-order valence-corrected chi connectivity index (χ1v) is 13.1. The Morgan fingerprint density at radius 2 is 1.54 bits per heavy atom. The zero-order valence-electron chi connectivity index (χ0n) is 22.5. The minimum absolute atomic E-state index is 0.0929. The van der Waals surface area contributed by atoms with Crippen LogP contribution in [0.4, 0.5) is 0 Å². The Kier molecular flexibility index (Phi) is 9.79. The SMILES string of the molecule is CCC1SCC(C(=O)N(C)CCc2ccc(OC)c(OC)c2)N1C(=O)c1cc(OC)c(OC)c(OC)c1. The molecule has 0 aromatic heterocycles. The van der Waals surface area contributed by atoms with E-state index in [1.807, 2.05) is 25.1 Å². The number of rotatable bonds is 11. The van der Waals surface area contributed by atoms with Crippen molar-refractivity contribution < 1.29 is 33.3 Å². The van der Waals surface area contributed by atoms with Crippen LogP contribution in [0.15, 0.2) is 30.3 Å². The molecule has 2 atom stereocenters. The van der Waals surface area contributed by atoms with Crippen molar-refractivity contribution in [3.05, 3.63) is 41.5 Å². The molecule has 2 aromatic carbocycles. The summed E-state index contributed by atoms with van der Waals surface area (Å²) in [4.78, 5) is 30.7. The van der Waals surface area contributed by atoms with Crippen molar-refractivity contribution in [3.63, 3.8) is 0 Å². The van der Waals surface area contributed by atoms with Crippen LogP contribution < -0.4 is 23.7 Å². The molecular weight excluding hydrogens is 496 g/mol. The average Bonchev–Trinajstić information content (AvgIpc) is 3.37. The van der Waals surface area contributed by atoms with Crippen LogP contribution in [0.5, 0.6) is 28.7 Å². The summed E-state index contributed by atoms with van der Waals surface area (Å²) in [5.41, 5.74) is 1.40. The summed E-state index contributed by atoms with van der Waals surface area (Å²) < 4.78 is 26.9. The molecule has 9 nitrogen and oxygen atoms in total. The number of carbonyl (C=O) groups is 2. The van der Waals surface area contributed by atoms with Gasteiger partial charge >= 0.3 is 0 Å². The number of thioether (sulfide) groups is 1. The van der Waals surface area contributed by atoms with Crippen LogP contribution in [0.3, 0.4) is 0 Å². The summed E-state index contributed by atoms with van der Waals surface area (Å²) in [6, 6.07) is 8.41. The minimum Gasteiger partial charge on any atom is -0.493 e. The monoisotopic (exact) mass is 532 g/mol. The molecule has 1 fully saturated rings. The summed E-state index contributed by atoms with van der Waals surface area (Å²) in [6.45, 7) is 2.51. The smallest absolute Gasteiger partial charge is 0.255 e. The quantitative estimate of drug-likeness (QED) is 0.433. The van der Waals surface area contributed by atoms with Crippen LogP contribution in [0.2, 0.25) is 0 Å². The van der Waals surface area contributed by atoms with Crippen molar-refractivity contribution in [1.29, 1.82) is 0 Å². The number of likely N-dealkylation sites (N-methyl/N-ethyl adjacent to an activating group) is 1. The summed E-state index contributed by atoms with van der Waals surface area (Å²) in [6.07, 6.45) is 1.36. The predicted molar refractivity (Wildman–Crippen MR) is 143 cm³/mol. The van der Waals surface area contributed by atoms with Gasteiger partial charge in [0.25, 0.3) is 5.91 Å². The zero-order valence-corrected chi connectivity index (χ0v) is 23.3. The Bertz CT molecular complexity index is 1090. The van der Waals surface area contributed by atoms with E-state index in [1.54, 1.807) is 55.0 Å². The molecule has 1 aliphatic heterocycles. The van der Waals surface area contributed by atoms with E-state index in [0.717, 1.165) is 12.0 Å². The van der Waals surface area contributed by atoms with Gasteiger partial charge in [-0.25, -0.2) is 0 Å². The maximum Gasteiger partial charge on any atom is 0.255 e. The van der Waals surface area contributed by atoms with Crippen LogP contribution in [-0.2, 0) is 11.2 Å². The maximum absolute atomic E-state index is 13.8. The summed E-state index contributed by atoms with van der Waals surface area (Å²) in [7, 11) is 9.49. The molecule has 0 saturated carbocycles. The molecule has 1 saturated heterocycles. The first kappa shape index (κ1) is 28.3. The molecule has 1 aliphatic rings. The molecule has 10 heteroatoms. The second-order valence-electron chi connectivity index (χ2n) is 8.54. The lowest BCUT2D eigenvalue weighted by Gasteiger charge is -2.31. The van der Waals surface area contributed by atoms with Gasteiger partial charge in [0.1, 0.15) is 6.04 Å². The normalized spacial score (nSPS) is 16.8. The standard InChI is InChI=1S/C27H36N2O7S/c1-8-24-29(26(30)18-14-22(34-5)25(36-7)23(15-18)35-6)19(16-37-24)27(31)28(2)12-11-17-9-10-20(32-3)21(13-17)33-4/h9-10,13-15,19,24H,8,11-12,16H2,1-7H3. The third-order valence-electron chi connectivity index (χ3n) is 6.43. The topological polar surface area (TPSA) is 86.8 Å². The van der Waals surface area contributed by atoms with Gasteiger partial charge < -0.3 is 33.5 Å². The lowest BCUT2D eigenvalue weighted by molar-refractivity contribution is -0.133. The number of benzene rings is 2. The minimum atomic E-state index is -0.572. The second-order valence-corrected chi connectivity index (χ2v) is 9.75. The number of carbonyl (C=O) groups excluding carboxylic acids is 2. The highest BCUT2D eigenvalue weighted by Crippen LogP contribution is 2.40. The fourth-order valence-electron chi connectivity index (χ4n) is 4.39. The summed E-state index contributed by atoms with van der Waals surface area (Å²) in [5, 5.41) is -0.111. The Hall–Kier alpha value is -3.27. The van der Waals surface area contributed by atoms with E-state index in [9.17, 15) is 9.59 Å². The van der Waals surface area contributed by atoms with E-state index in [1.165, 1.54) is 21.3 Å². The number of nitrogens with zero attached hydrogens (tertiary/aromatic N) is 2. The number of methoxy groups -OCH3 is 5. The highest BCUT2D eigenvalue weighted by atomic mass is 32.2. The molecule has 1 heterocycles. The van der Waals surface area contributed by atoms with E-state index >= 15 is 0 Å². The van der Waals surface area contributed by atoms with Crippen molar-refractivity contribution in [2.24, 2.45) is 0 Å². The molecule has 0 N–H and O–H groups in total. The molecule has 0 radical (unpaired) electrons. The number of hydrogen-bond donors (Lipinski definition) is 0. The first-order chi connectivity index (χ1) is 17.8. The van der Waals surface area contributed by atoms with Gasteiger partial charge in [-0.2, -0.15) is 0 Å². The van der Waals surface area contributed by atoms with Gasteiger partial charge in [0.05, 0.1) is 40.9 Å². The molecule has 0 aliphatic carbocycles. The van der Waals surface area contributed by atoms with Gasteiger partial charge in [-0.15, -0.1) is 11.8 Å². The third kappa shape index (κ3) is 6.01. The van der Waals surface area contributed by atoms with Crippen molar-refractivity contribution in [2.75, 3.05) is 54.9 Å². The van der Waals surface area contributed by atoms with Gasteiger partial charge in [-0.05, 0) is 42.7 Å².